The summed E-state index contributed by atoms with van der Waals surface area (Å²) in [5, 5.41) is 6.15. The van der Waals surface area contributed by atoms with Crippen molar-refractivity contribution in [3.8, 4) is 22.5 Å². The van der Waals surface area contributed by atoms with Crippen LogP contribution in [0.25, 0.3) is 77.0 Å². The van der Waals surface area contributed by atoms with Gasteiger partial charge in [0.1, 0.15) is 0 Å². The molecule has 0 amide bonds. The van der Waals surface area contributed by atoms with Crippen LogP contribution in [0.5, 0.6) is 0 Å². The van der Waals surface area contributed by atoms with Gasteiger partial charge in [-0.15, -0.1) is 0 Å². The van der Waals surface area contributed by atoms with Crippen LogP contribution in [-0.2, 0) is 0 Å². The van der Waals surface area contributed by atoms with Crippen molar-refractivity contribution in [3.63, 3.8) is 0 Å². The molecule has 3 heterocycles. The van der Waals surface area contributed by atoms with Crippen LogP contribution in [0.4, 0.5) is 0 Å². The van der Waals surface area contributed by atoms with Crippen LogP contribution in [0.15, 0.2) is 152 Å². The highest BCUT2D eigenvalue weighted by atomic mass is 15.0. The summed E-state index contributed by atoms with van der Waals surface area (Å²) in [5.41, 5.74) is 10.4. The van der Waals surface area contributed by atoms with Gasteiger partial charge in [-0.2, -0.15) is 0 Å². The predicted octanol–water partition coefficient (Wildman–Crippen LogP) is 10.1. The molecule has 3 heteroatoms. The molecule has 3 aromatic heterocycles. The summed E-state index contributed by atoms with van der Waals surface area (Å²) in [5.74, 6) is 0. The molecule has 0 saturated carbocycles. The standard InChI is InChI=1S/C39H25N3/c1-2-12-29(13-3-1)42-37-18-9-23-40-38(37)33-16-8-15-31(39(33)42)28-20-22-36-34(25-28)32-14-6-7-17-35(32)41(36)30-21-19-26-10-4-5-11-27(26)24-30/h1-25H. The van der Waals surface area contributed by atoms with Crippen LogP contribution < -0.4 is 0 Å². The summed E-state index contributed by atoms with van der Waals surface area (Å²) >= 11 is 0. The lowest BCUT2D eigenvalue weighted by Gasteiger charge is -2.12. The Bertz CT molecular complexity index is 2460. The first kappa shape index (κ1) is 23.1. The van der Waals surface area contributed by atoms with Crippen molar-refractivity contribution in [2.75, 3.05) is 0 Å². The number of hydrogen-bond donors (Lipinski definition) is 0. The van der Waals surface area contributed by atoms with Crippen LogP contribution >= 0.6 is 0 Å². The zero-order valence-corrected chi connectivity index (χ0v) is 22.8. The molecule has 0 spiro atoms. The fourth-order valence-electron chi connectivity index (χ4n) is 6.69. The van der Waals surface area contributed by atoms with E-state index < -0.39 is 0 Å². The third kappa shape index (κ3) is 3.31. The quantitative estimate of drug-likeness (QED) is 0.221. The van der Waals surface area contributed by atoms with Crippen LogP contribution in [0.3, 0.4) is 0 Å². The normalized spacial score (nSPS) is 11.8. The van der Waals surface area contributed by atoms with Gasteiger partial charge < -0.3 is 9.13 Å². The average Bonchev–Trinajstić information content (AvgIpc) is 3.58. The smallest absolute Gasteiger partial charge is 0.0963 e. The lowest BCUT2D eigenvalue weighted by molar-refractivity contribution is 1.18. The summed E-state index contributed by atoms with van der Waals surface area (Å²) in [7, 11) is 0. The molecule has 0 aliphatic carbocycles. The highest BCUT2D eigenvalue weighted by molar-refractivity contribution is 6.14. The maximum Gasteiger partial charge on any atom is 0.0963 e. The van der Waals surface area contributed by atoms with Gasteiger partial charge >= 0.3 is 0 Å². The van der Waals surface area contributed by atoms with E-state index in [0.717, 1.165) is 22.1 Å². The summed E-state index contributed by atoms with van der Waals surface area (Å²) in [6.07, 6.45) is 1.89. The molecule has 9 rings (SSSR count). The van der Waals surface area contributed by atoms with Gasteiger partial charge in [0.05, 0.1) is 27.6 Å². The Morgan fingerprint density at radius 1 is 0.429 bits per heavy atom. The van der Waals surface area contributed by atoms with E-state index in [2.05, 4.69) is 149 Å². The molecule has 0 atom stereocenters. The van der Waals surface area contributed by atoms with Crippen molar-refractivity contribution >= 4 is 54.5 Å². The van der Waals surface area contributed by atoms with Crippen LogP contribution in [-0.4, -0.2) is 14.1 Å². The van der Waals surface area contributed by atoms with Gasteiger partial charge in [0.2, 0.25) is 0 Å². The van der Waals surface area contributed by atoms with Gasteiger partial charge in [-0.05, 0) is 70.9 Å². The molecule has 6 aromatic carbocycles. The Hall–Kier alpha value is -5.67. The minimum Gasteiger partial charge on any atom is -0.309 e. The van der Waals surface area contributed by atoms with E-state index >= 15 is 0 Å². The van der Waals surface area contributed by atoms with E-state index in [4.69, 9.17) is 4.98 Å². The highest BCUT2D eigenvalue weighted by Crippen LogP contribution is 2.40. The molecule has 0 fully saturated rings. The van der Waals surface area contributed by atoms with Crippen molar-refractivity contribution in [1.82, 2.24) is 14.1 Å². The Labute approximate surface area is 242 Å². The Kier molecular flexibility index (Phi) is 4.90. The van der Waals surface area contributed by atoms with Crippen LogP contribution in [0.1, 0.15) is 0 Å². The van der Waals surface area contributed by atoms with Crippen molar-refractivity contribution in [3.05, 3.63) is 152 Å². The Morgan fingerprint density at radius 3 is 2.12 bits per heavy atom. The van der Waals surface area contributed by atoms with E-state index in [1.54, 1.807) is 0 Å². The summed E-state index contributed by atoms with van der Waals surface area (Å²) in [6.45, 7) is 0. The van der Waals surface area contributed by atoms with Gasteiger partial charge in [0.25, 0.3) is 0 Å². The van der Waals surface area contributed by atoms with E-state index in [1.807, 2.05) is 12.3 Å². The van der Waals surface area contributed by atoms with Gasteiger partial charge in [-0.25, -0.2) is 0 Å². The molecule has 0 bridgehead atoms. The van der Waals surface area contributed by atoms with Crippen LogP contribution in [0, 0.1) is 0 Å². The fraction of sp³-hybridized carbons (Fsp3) is 0. The molecule has 0 saturated heterocycles. The number of rotatable bonds is 3. The minimum atomic E-state index is 1.02. The zero-order chi connectivity index (χ0) is 27.6. The van der Waals surface area contributed by atoms with Crippen molar-refractivity contribution in [2.45, 2.75) is 0 Å². The second-order valence-corrected chi connectivity index (χ2v) is 10.9. The third-order valence-corrected chi connectivity index (χ3v) is 8.53. The minimum absolute atomic E-state index is 1.02. The molecule has 0 radical (unpaired) electrons. The van der Waals surface area contributed by atoms with Gasteiger partial charge in [0, 0.05) is 39.3 Å². The number of fused-ring (bicyclic) bond motifs is 7. The van der Waals surface area contributed by atoms with E-state index in [9.17, 15) is 0 Å². The maximum atomic E-state index is 4.82. The first-order valence-electron chi connectivity index (χ1n) is 14.3. The molecule has 196 valence electrons. The third-order valence-electron chi connectivity index (χ3n) is 8.53. The number of hydrogen-bond acceptors (Lipinski definition) is 1. The topological polar surface area (TPSA) is 22.8 Å². The molecule has 42 heavy (non-hydrogen) atoms. The Balaban J connectivity index is 1.34. The lowest BCUT2D eigenvalue weighted by Crippen LogP contribution is -1.95. The molecular weight excluding hydrogens is 510 g/mol. The molecule has 0 unspecified atom stereocenters. The predicted molar refractivity (Wildman–Crippen MR) is 176 cm³/mol. The summed E-state index contributed by atoms with van der Waals surface area (Å²) in [4.78, 5) is 4.82. The average molecular weight is 536 g/mol. The summed E-state index contributed by atoms with van der Waals surface area (Å²) < 4.78 is 4.75. The highest BCUT2D eigenvalue weighted by Gasteiger charge is 2.19. The number of para-hydroxylation sites is 3. The molecule has 3 nitrogen and oxygen atoms in total. The number of benzene rings is 6. The monoisotopic (exact) mass is 535 g/mol. The largest absolute Gasteiger partial charge is 0.309 e. The van der Waals surface area contributed by atoms with Gasteiger partial charge in [-0.3, -0.25) is 4.98 Å². The molecule has 9 aromatic rings. The molecule has 0 aliphatic rings. The zero-order valence-electron chi connectivity index (χ0n) is 22.8. The van der Waals surface area contributed by atoms with Gasteiger partial charge in [0.15, 0.2) is 0 Å². The molecular formula is C39H25N3. The van der Waals surface area contributed by atoms with Crippen molar-refractivity contribution < 1.29 is 0 Å². The second-order valence-electron chi connectivity index (χ2n) is 10.9. The maximum absolute atomic E-state index is 4.82. The Morgan fingerprint density at radius 2 is 1.19 bits per heavy atom. The lowest BCUT2D eigenvalue weighted by atomic mass is 10.00. The van der Waals surface area contributed by atoms with Crippen molar-refractivity contribution in [1.29, 1.82) is 0 Å². The number of pyridine rings is 1. The van der Waals surface area contributed by atoms with Gasteiger partial charge in [-0.1, -0.05) is 91.0 Å². The second kappa shape index (κ2) is 8.92. The fourth-order valence-corrected chi connectivity index (χ4v) is 6.69. The van der Waals surface area contributed by atoms with Crippen LogP contribution in [0.2, 0.25) is 0 Å². The number of nitrogens with zero attached hydrogens (tertiary/aromatic N) is 3. The number of aromatic nitrogens is 3. The first-order valence-corrected chi connectivity index (χ1v) is 14.3. The summed E-state index contributed by atoms with van der Waals surface area (Å²) in [6, 6.07) is 52.3. The van der Waals surface area contributed by atoms with E-state index in [-0.39, 0.29) is 0 Å². The molecule has 0 N–H and O–H groups in total. The van der Waals surface area contributed by atoms with E-state index in [0.29, 0.717) is 0 Å². The SMILES string of the molecule is c1ccc(-n2c3cccnc3c3cccc(-c4ccc5c(c4)c4ccccc4n5-c4ccc5ccccc5c4)c32)cc1. The van der Waals surface area contributed by atoms with Crippen molar-refractivity contribution in [2.24, 2.45) is 0 Å². The van der Waals surface area contributed by atoms with E-state index in [1.165, 1.54) is 54.9 Å². The molecule has 0 aliphatic heterocycles. The first-order chi connectivity index (χ1) is 20.8.